The van der Waals surface area contributed by atoms with Gasteiger partial charge in [0.05, 0.1) is 24.8 Å². The van der Waals surface area contributed by atoms with Crippen molar-refractivity contribution in [3.05, 3.63) is 0 Å². The van der Waals surface area contributed by atoms with Crippen LogP contribution >= 0.6 is 0 Å². The van der Waals surface area contributed by atoms with Crippen LogP contribution < -0.4 is 17.2 Å². The van der Waals surface area contributed by atoms with Crippen molar-refractivity contribution in [2.24, 2.45) is 17.2 Å². The normalized spacial score (nSPS) is 40.5. The van der Waals surface area contributed by atoms with E-state index in [0.29, 0.717) is 6.42 Å². The van der Waals surface area contributed by atoms with Crippen molar-refractivity contribution in [2.45, 2.75) is 81.4 Å². The molecule has 0 spiro atoms. The van der Waals surface area contributed by atoms with Gasteiger partial charge in [0.1, 0.15) is 12.2 Å². The van der Waals surface area contributed by atoms with E-state index in [1.54, 1.807) is 0 Å². The van der Waals surface area contributed by atoms with Gasteiger partial charge in [-0.25, -0.2) is 0 Å². The van der Waals surface area contributed by atoms with E-state index in [1.165, 1.54) is 11.9 Å². The van der Waals surface area contributed by atoms with Crippen molar-refractivity contribution in [2.75, 3.05) is 13.6 Å². The van der Waals surface area contributed by atoms with Crippen LogP contribution in [0, 0.1) is 0 Å². The Morgan fingerprint density at radius 2 is 2.08 bits per heavy atom. The van der Waals surface area contributed by atoms with Crippen molar-refractivity contribution in [1.82, 2.24) is 4.90 Å². The molecule has 0 aromatic carbocycles. The molecule has 0 bridgehead atoms. The van der Waals surface area contributed by atoms with E-state index < -0.39 is 36.7 Å². The summed E-state index contributed by atoms with van der Waals surface area (Å²) in [6.07, 6.45) is -0.785. The van der Waals surface area contributed by atoms with Crippen molar-refractivity contribution in [1.29, 1.82) is 0 Å². The number of nitrogens with two attached hydrogens (primary N) is 3. The van der Waals surface area contributed by atoms with E-state index in [0.717, 1.165) is 12.8 Å². The van der Waals surface area contributed by atoms with E-state index >= 15 is 0 Å². The Morgan fingerprint density at radius 1 is 1.40 bits per heavy atom. The number of hydrogen-bond donors (Lipinski definition) is 5. The number of ether oxygens (including phenoxy) is 2. The number of hydrogen-bond acceptors (Lipinski definition) is 8. The Hall–Kier alpha value is -0.810. The number of aliphatic hydroxyl groups excluding tert-OH is 2. The van der Waals surface area contributed by atoms with Crippen LogP contribution in [0.4, 0.5) is 0 Å². The SMILES string of the molecule is CC(N)C1CCCC(OC2C(N)CC(O)C(N(C)C(=O)CN)C2O)O1. The van der Waals surface area contributed by atoms with Crippen LogP contribution in [0.25, 0.3) is 0 Å². The highest BCUT2D eigenvalue weighted by Crippen LogP contribution is 2.29. The molecule has 1 saturated carbocycles. The second kappa shape index (κ2) is 8.72. The summed E-state index contributed by atoms with van der Waals surface area (Å²) in [5.41, 5.74) is 17.4. The molecule has 8 atom stereocenters. The van der Waals surface area contributed by atoms with Gasteiger partial charge in [-0.15, -0.1) is 0 Å². The predicted molar refractivity (Wildman–Crippen MR) is 91.3 cm³/mol. The Kier molecular flexibility index (Phi) is 7.15. The number of nitrogens with zero attached hydrogens (tertiary/aromatic N) is 1. The molecule has 8 N–H and O–H groups in total. The third-order valence-electron chi connectivity index (χ3n) is 5.18. The van der Waals surface area contributed by atoms with Crippen LogP contribution in [-0.2, 0) is 14.3 Å². The smallest absolute Gasteiger partial charge is 0.236 e. The first-order valence-corrected chi connectivity index (χ1v) is 8.90. The number of carbonyl (C=O) groups excluding carboxylic acids is 1. The van der Waals surface area contributed by atoms with Gasteiger partial charge in [0.15, 0.2) is 6.29 Å². The predicted octanol–water partition coefficient (Wildman–Crippen LogP) is -2.15. The number of carbonyl (C=O) groups is 1. The first-order valence-electron chi connectivity index (χ1n) is 8.90. The average molecular weight is 360 g/mol. The Bertz CT molecular complexity index is 452. The van der Waals surface area contributed by atoms with Gasteiger partial charge in [-0.1, -0.05) is 0 Å². The molecule has 2 rings (SSSR count). The molecular weight excluding hydrogens is 328 g/mol. The first kappa shape index (κ1) is 20.5. The van der Waals surface area contributed by atoms with Gasteiger partial charge >= 0.3 is 0 Å². The lowest BCUT2D eigenvalue weighted by Gasteiger charge is -2.46. The molecule has 1 aliphatic heterocycles. The Balaban J connectivity index is 2.07. The quantitative estimate of drug-likeness (QED) is 0.371. The minimum Gasteiger partial charge on any atom is -0.391 e. The first-order chi connectivity index (χ1) is 11.8. The standard InChI is InChI=1S/C16H32N4O5/c1-8(18)11-4-3-5-13(24-11)25-16-9(19)6-10(21)14(15(16)23)20(2)12(22)7-17/h8-11,13-16,21,23H,3-7,17-19H2,1-2H3. The fourth-order valence-corrected chi connectivity index (χ4v) is 3.69. The van der Waals surface area contributed by atoms with E-state index in [1.807, 2.05) is 6.92 Å². The number of amides is 1. The van der Waals surface area contributed by atoms with Crippen molar-refractivity contribution in [3.63, 3.8) is 0 Å². The Labute approximate surface area is 148 Å². The summed E-state index contributed by atoms with van der Waals surface area (Å²) in [7, 11) is 1.50. The molecule has 1 heterocycles. The molecule has 1 amide bonds. The maximum atomic E-state index is 11.9. The fraction of sp³-hybridized carbons (Fsp3) is 0.938. The highest BCUT2D eigenvalue weighted by molar-refractivity contribution is 5.78. The van der Waals surface area contributed by atoms with Crippen LogP contribution in [0.5, 0.6) is 0 Å². The van der Waals surface area contributed by atoms with Crippen LogP contribution in [0.1, 0.15) is 32.6 Å². The third kappa shape index (κ3) is 4.68. The fourth-order valence-electron chi connectivity index (χ4n) is 3.69. The molecule has 2 fully saturated rings. The number of likely N-dealkylation sites (N-methyl/N-ethyl adjacent to an activating group) is 1. The van der Waals surface area contributed by atoms with E-state index in [-0.39, 0.29) is 31.0 Å². The van der Waals surface area contributed by atoms with Gasteiger partial charge in [-0.2, -0.15) is 0 Å². The minimum atomic E-state index is -1.14. The second-order valence-electron chi connectivity index (χ2n) is 7.15. The summed E-state index contributed by atoms with van der Waals surface area (Å²) in [4.78, 5) is 13.1. The van der Waals surface area contributed by atoms with Crippen LogP contribution in [0.3, 0.4) is 0 Å². The molecule has 1 saturated heterocycles. The van der Waals surface area contributed by atoms with Gasteiger partial charge in [0.2, 0.25) is 5.91 Å². The van der Waals surface area contributed by atoms with Crippen molar-refractivity contribution in [3.8, 4) is 0 Å². The lowest BCUT2D eigenvalue weighted by molar-refractivity contribution is -0.250. The summed E-state index contributed by atoms with van der Waals surface area (Å²) in [6, 6.07) is -1.50. The number of aliphatic hydroxyl groups is 2. The van der Waals surface area contributed by atoms with E-state index in [4.69, 9.17) is 26.7 Å². The zero-order valence-corrected chi connectivity index (χ0v) is 15.0. The Morgan fingerprint density at radius 3 is 2.68 bits per heavy atom. The molecule has 0 aromatic rings. The van der Waals surface area contributed by atoms with Gasteiger partial charge in [0.25, 0.3) is 0 Å². The zero-order chi connectivity index (χ0) is 18.7. The molecule has 9 nitrogen and oxygen atoms in total. The largest absolute Gasteiger partial charge is 0.391 e. The average Bonchev–Trinajstić information content (AvgIpc) is 2.57. The monoisotopic (exact) mass is 360 g/mol. The second-order valence-corrected chi connectivity index (χ2v) is 7.15. The summed E-state index contributed by atoms with van der Waals surface area (Å²) in [6.45, 7) is 1.68. The number of rotatable bonds is 5. The molecule has 2 aliphatic rings. The van der Waals surface area contributed by atoms with Crippen molar-refractivity contribution < 1.29 is 24.5 Å². The molecule has 0 aromatic heterocycles. The van der Waals surface area contributed by atoms with Gasteiger partial charge in [0, 0.05) is 19.1 Å². The summed E-state index contributed by atoms with van der Waals surface area (Å²) < 4.78 is 11.8. The maximum absolute atomic E-state index is 11.9. The molecule has 25 heavy (non-hydrogen) atoms. The maximum Gasteiger partial charge on any atom is 0.236 e. The van der Waals surface area contributed by atoms with E-state index in [9.17, 15) is 15.0 Å². The highest BCUT2D eigenvalue weighted by Gasteiger charge is 2.47. The van der Waals surface area contributed by atoms with Gasteiger partial charge in [-0.05, 0) is 32.6 Å². The lowest BCUT2D eigenvalue weighted by atomic mass is 9.83. The van der Waals surface area contributed by atoms with Crippen LogP contribution in [-0.4, -0.2) is 83.4 Å². The summed E-state index contributed by atoms with van der Waals surface area (Å²) >= 11 is 0. The zero-order valence-electron chi connectivity index (χ0n) is 15.0. The molecule has 1 aliphatic carbocycles. The molecule has 9 heteroatoms. The highest BCUT2D eigenvalue weighted by atomic mass is 16.7. The molecular formula is C16H32N4O5. The minimum absolute atomic E-state index is 0.0985. The van der Waals surface area contributed by atoms with Gasteiger partial charge in [-0.3, -0.25) is 4.79 Å². The topological polar surface area (TPSA) is 157 Å². The lowest BCUT2D eigenvalue weighted by Crippen LogP contribution is -2.66. The summed E-state index contributed by atoms with van der Waals surface area (Å²) in [5, 5.41) is 21.0. The van der Waals surface area contributed by atoms with Crippen LogP contribution in [0.2, 0.25) is 0 Å². The third-order valence-corrected chi connectivity index (χ3v) is 5.18. The molecule has 0 radical (unpaired) electrons. The molecule has 146 valence electrons. The van der Waals surface area contributed by atoms with E-state index in [2.05, 4.69) is 0 Å². The summed E-state index contributed by atoms with van der Waals surface area (Å²) in [5.74, 6) is -0.372. The van der Waals surface area contributed by atoms with Crippen molar-refractivity contribution >= 4 is 5.91 Å². The van der Waals surface area contributed by atoms with Gasteiger partial charge < -0.3 is 41.8 Å². The molecule has 8 unspecified atom stereocenters. The van der Waals surface area contributed by atoms with Crippen LogP contribution in [0.15, 0.2) is 0 Å².